The number of carbonyl (C=O) groups excluding carboxylic acids is 1. The Hall–Kier alpha value is -2.11. The minimum atomic E-state index is -0.0395. The third-order valence-corrected chi connectivity index (χ3v) is 6.46. The smallest absolute Gasteiger partial charge is 0.270 e. The molecule has 1 amide bonds. The minimum absolute atomic E-state index is 0.0395. The van der Waals surface area contributed by atoms with E-state index in [2.05, 4.69) is 30.0 Å². The molecule has 3 nitrogen and oxygen atoms in total. The molecule has 0 aliphatic carbocycles. The summed E-state index contributed by atoms with van der Waals surface area (Å²) < 4.78 is 0.590. The Bertz CT molecular complexity index is 945. The monoisotopic (exact) mass is 394 g/mol. The van der Waals surface area contributed by atoms with Crippen LogP contribution in [-0.2, 0) is 4.79 Å². The molecule has 2 aromatic rings. The van der Waals surface area contributed by atoms with Crippen molar-refractivity contribution < 1.29 is 4.79 Å². The van der Waals surface area contributed by atoms with E-state index in [1.54, 1.807) is 4.90 Å². The second kappa shape index (κ2) is 7.49. The molecule has 0 unspecified atom stereocenters. The van der Waals surface area contributed by atoms with Gasteiger partial charge in [-0.2, -0.15) is 0 Å². The molecule has 2 saturated heterocycles. The van der Waals surface area contributed by atoms with Gasteiger partial charge in [0.1, 0.15) is 0 Å². The highest BCUT2D eigenvalue weighted by molar-refractivity contribution is 8.27. The summed E-state index contributed by atoms with van der Waals surface area (Å²) >= 11 is 6.88. The van der Waals surface area contributed by atoms with Crippen LogP contribution in [0.4, 0.5) is 11.4 Å². The highest BCUT2D eigenvalue weighted by Gasteiger charge is 2.34. The van der Waals surface area contributed by atoms with E-state index < -0.39 is 0 Å². The summed E-state index contributed by atoms with van der Waals surface area (Å²) in [4.78, 5) is 17.8. The van der Waals surface area contributed by atoms with Gasteiger partial charge in [0.15, 0.2) is 4.32 Å². The Morgan fingerprint density at radius 1 is 1.04 bits per heavy atom. The van der Waals surface area contributed by atoms with E-state index in [-0.39, 0.29) is 5.91 Å². The molecule has 0 radical (unpaired) electrons. The highest BCUT2D eigenvalue weighted by Crippen LogP contribution is 2.37. The summed E-state index contributed by atoms with van der Waals surface area (Å²) in [5.74, 6) is -0.0395. The van der Waals surface area contributed by atoms with Gasteiger partial charge in [-0.3, -0.25) is 9.69 Å². The lowest BCUT2D eigenvalue weighted by Gasteiger charge is -2.18. The van der Waals surface area contributed by atoms with Crippen LogP contribution in [0.2, 0.25) is 0 Å². The van der Waals surface area contributed by atoms with Gasteiger partial charge < -0.3 is 4.90 Å². The summed E-state index contributed by atoms with van der Waals surface area (Å²) in [6, 6.07) is 14.3. The van der Waals surface area contributed by atoms with Crippen LogP contribution < -0.4 is 9.80 Å². The summed E-state index contributed by atoms with van der Waals surface area (Å²) in [6.45, 7) is 6.37. The largest absolute Gasteiger partial charge is 0.372 e. The van der Waals surface area contributed by atoms with Crippen molar-refractivity contribution in [2.24, 2.45) is 0 Å². The average Bonchev–Trinajstić information content (AvgIpc) is 3.27. The van der Waals surface area contributed by atoms with Crippen molar-refractivity contribution in [2.75, 3.05) is 22.9 Å². The van der Waals surface area contributed by atoms with Gasteiger partial charge in [0.2, 0.25) is 0 Å². The topological polar surface area (TPSA) is 23.6 Å². The normalized spacial score (nSPS) is 18.8. The van der Waals surface area contributed by atoms with E-state index in [4.69, 9.17) is 12.2 Å². The van der Waals surface area contributed by atoms with E-state index in [9.17, 15) is 4.79 Å². The molecule has 4 rings (SSSR count). The molecular formula is C22H22N2OS2. The van der Waals surface area contributed by atoms with Crippen LogP contribution >= 0.6 is 24.0 Å². The first-order chi connectivity index (χ1) is 13.0. The fourth-order valence-electron chi connectivity index (χ4n) is 3.62. The summed E-state index contributed by atoms with van der Waals surface area (Å²) in [5, 5.41) is 0. The Morgan fingerprint density at radius 3 is 2.48 bits per heavy atom. The molecular weight excluding hydrogens is 372 g/mol. The minimum Gasteiger partial charge on any atom is -0.372 e. The first-order valence-corrected chi connectivity index (χ1v) is 10.5. The quantitative estimate of drug-likeness (QED) is 0.520. The van der Waals surface area contributed by atoms with Crippen LogP contribution in [-0.4, -0.2) is 23.3 Å². The fraction of sp³-hybridized carbons (Fsp3) is 0.273. The number of para-hydroxylation sites is 1. The van der Waals surface area contributed by atoms with E-state index in [0.717, 1.165) is 29.9 Å². The lowest BCUT2D eigenvalue weighted by molar-refractivity contribution is -0.113. The fourth-order valence-corrected chi connectivity index (χ4v) is 4.90. The predicted octanol–water partition coefficient (Wildman–Crippen LogP) is 5.31. The van der Waals surface area contributed by atoms with Gasteiger partial charge in [-0.05, 0) is 67.7 Å². The van der Waals surface area contributed by atoms with Crippen LogP contribution in [0, 0.1) is 13.8 Å². The number of thioether (sulfide) groups is 1. The first-order valence-electron chi connectivity index (χ1n) is 9.24. The maximum atomic E-state index is 13.0. The number of nitrogens with zero attached hydrogens (tertiary/aromatic N) is 2. The van der Waals surface area contributed by atoms with Gasteiger partial charge in [-0.25, -0.2) is 0 Å². The second-order valence-electron chi connectivity index (χ2n) is 7.04. The number of aryl methyl sites for hydroxylation is 2. The van der Waals surface area contributed by atoms with Crippen molar-refractivity contribution >= 4 is 51.7 Å². The SMILES string of the molecule is Cc1cc(N2CCCC2)ccc1/C=C1/SC(=S)N(c2ccccc2C)C1=O. The molecule has 2 aliphatic heterocycles. The molecule has 0 N–H and O–H groups in total. The number of anilines is 2. The number of hydrogen-bond donors (Lipinski definition) is 0. The summed E-state index contributed by atoms with van der Waals surface area (Å²) in [6.07, 6.45) is 4.50. The second-order valence-corrected chi connectivity index (χ2v) is 8.71. The molecule has 2 fully saturated rings. The third kappa shape index (κ3) is 3.54. The molecule has 27 heavy (non-hydrogen) atoms. The lowest BCUT2D eigenvalue weighted by atomic mass is 10.1. The molecule has 0 aromatic heterocycles. The number of rotatable bonds is 3. The van der Waals surface area contributed by atoms with Crippen LogP contribution in [0.25, 0.3) is 6.08 Å². The van der Waals surface area contributed by atoms with Crippen LogP contribution in [0.1, 0.15) is 29.5 Å². The number of carbonyl (C=O) groups is 1. The zero-order valence-electron chi connectivity index (χ0n) is 15.6. The average molecular weight is 395 g/mol. The summed E-state index contributed by atoms with van der Waals surface area (Å²) in [5.41, 5.74) is 5.43. The van der Waals surface area contributed by atoms with Crippen LogP contribution in [0.3, 0.4) is 0 Å². The van der Waals surface area contributed by atoms with Crippen molar-refractivity contribution in [1.82, 2.24) is 0 Å². The van der Waals surface area contributed by atoms with Gasteiger partial charge >= 0.3 is 0 Å². The Kier molecular flexibility index (Phi) is 5.06. The maximum Gasteiger partial charge on any atom is 0.270 e. The summed E-state index contributed by atoms with van der Waals surface area (Å²) in [7, 11) is 0. The third-order valence-electron chi connectivity index (χ3n) is 5.16. The first kappa shape index (κ1) is 18.3. The van der Waals surface area contributed by atoms with Crippen molar-refractivity contribution in [3.05, 3.63) is 64.1 Å². The van der Waals surface area contributed by atoms with Gasteiger partial charge in [0, 0.05) is 18.8 Å². The van der Waals surface area contributed by atoms with Crippen molar-refractivity contribution in [1.29, 1.82) is 0 Å². The van der Waals surface area contributed by atoms with Crippen LogP contribution in [0.5, 0.6) is 0 Å². The lowest BCUT2D eigenvalue weighted by Crippen LogP contribution is -2.28. The van der Waals surface area contributed by atoms with Gasteiger partial charge in [-0.15, -0.1) is 0 Å². The van der Waals surface area contributed by atoms with Crippen LogP contribution in [0.15, 0.2) is 47.4 Å². The standard InChI is InChI=1S/C22H22N2OS2/c1-15-7-3-4-8-19(15)24-21(25)20(27-22(24)26)14-17-9-10-18(13-16(17)2)23-11-5-6-12-23/h3-4,7-10,13-14H,5-6,11-12H2,1-2H3/b20-14+. The highest BCUT2D eigenvalue weighted by atomic mass is 32.2. The van der Waals surface area contributed by atoms with Crippen molar-refractivity contribution in [2.45, 2.75) is 26.7 Å². The Balaban J connectivity index is 1.62. The number of amides is 1. The van der Waals surface area contributed by atoms with Gasteiger partial charge in [-0.1, -0.05) is 48.2 Å². The van der Waals surface area contributed by atoms with Gasteiger partial charge in [0.05, 0.1) is 10.6 Å². The van der Waals surface area contributed by atoms with E-state index >= 15 is 0 Å². The number of benzene rings is 2. The zero-order valence-corrected chi connectivity index (χ0v) is 17.2. The zero-order chi connectivity index (χ0) is 19.0. The van der Waals surface area contributed by atoms with Gasteiger partial charge in [0.25, 0.3) is 5.91 Å². The molecule has 0 bridgehead atoms. The van der Waals surface area contributed by atoms with E-state index in [1.807, 2.05) is 37.3 Å². The number of thiocarbonyl (C=S) groups is 1. The molecule has 2 aromatic carbocycles. The maximum absolute atomic E-state index is 13.0. The molecule has 5 heteroatoms. The van der Waals surface area contributed by atoms with E-state index in [0.29, 0.717) is 9.23 Å². The van der Waals surface area contributed by atoms with E-state index in [1.165, 1.54) is 35.9 Å². The van der Waals surface area contributed by atoms with Crippen molar-refractivity contribution in [3.8, 4) is 0 Å². The molecule has 138 valence electrons. The molecule has 0 atom stereocenters. The molecule has 2 aliphatic rings. The molecule has 0 saturated carbocycles. The molecule has 0 spiro atoms. The van der Waals surface area contributed by atoms with Crippen molar-refractivity contribution in [3.63, 3.8) is 0 Å². The number of hydrogen-bond acceptors (Lipinski definition) is 4. The predicted molar refractivity (Wildman–Crippen MR) is 119 cm³/mol. The molecule has 2 heterocycles. The Morgan fingerprint density at radius 2 is 1.78 bits per heavy atom. The Labute approximate surface area is 170 Å².